The molecule has 0 fully saturated rings. The molecule has 1 atom stereocenters. The third kappa shape index (κ3) is 5.59. The number of nitrogens with zero attached hydrogens (tertiary/aromatic N) is 5. The molecule has 0 bridgehead atoms. The summed E-state index contributed by atoms with van der Waals surface area (Å²) < 4.78 is 15.7. The number of aromatic amines is 2. The van der Waals surface area contributed by atoms with Crippen LogP contribution in [0.5, 0.6) is 11.5 Å². The van der Waals surface area contributed by atoms with Gasteiger partial charge in [0.25, 0.3) is 0 Å². The first kappa shape index (κ1) is 35.8. The van der Waals surface area contributed by atoms with Crippen molar-refractivity contribution in [1.82, 2.24) is 28.7 Å². The molecule has 13 nitrogen and oxygen atoms in total. The molecule has 1 aliphatic rings. The second-order valence-corrected chi connectivity index (χ2v) is 13.6. The first-order valence-electron chi connectivity index (χ1n) is 18.4. The monoisotopic (exact) mass is 769 g/mol. The van der Waals surface area contributed by atoms with E-state index >= 15 is 4.79 Å². The maximum absolute atomic E-state index is 15.1. The summed E-state index contributed by atoms with van der Waals surface area (Å²) in [6.07, 6.45) is 0. The molecule has 3 heterocycles. The van der Waals surface area contributed by atoms with E-state index in [2.05, 4.69) is 10.1 Å². The second-order valence-electron chi connectivity index (χ2n) is 13.6. The van der Waals surface area contributed by atoms with Gasteiger partial charge < -0.3 is 9.47 Å². The molecule has 13 heteroatoms. The van der Waals surface area contributed by atoms with E-state index in [9.17, 15) is 14.4 Å². The molecular weight excluding hydrogens is 735 g/mol. The summed E-state index contributed by atoms with van der Waals surface area (Å²) in [4.78, 5) is 64.8. The van der Waals surface area contributed by atoms with Crippen LogP contribution in [-0.4, -0.2) is 48.8 Å². The number of ether oxygens (including phenoxy) is 2. The molecule has 9 rings (SSSR count). The van der Waals surface area contributed by atoms with Crippen LogP contribution in [0.2, 0.25) is 0 Å². The van der Waals surface area contributed by atoms with Crippen LogP contribution < -0.4 is 32.2 Å². The topological polar surface area (TPSA) is 150 Å². The Morgan fingerprint density at radius 1 is 0.603 bits per heavy atom. The summed E-state index contributed by atoms with van der Waals surface area (Å²) in [5, 5.41) is 2.70. The number of aliphatic imine (C=N–C) groups is 1. The van der Waals surface area contributed by atoms with Gasteiger partial charge in [-0.1, -0.05) is 109 Å². The number of nitrogens with one attached hydrogen (secondary N) is 2. The molecule has 286 valence electrons. The molecule has 2 N–H and O–H groups in total. The number of hydrogen-bond donors (Lipinski definition) is 2. The molecule has 1 unspecified atom stereocenters. The van der Waals surface area contributed by atoms with E-state index in [4.69, 9.17) is 14.5 Å². The van der Waals surface area contributed by atoms with E-state index in [-0.39, 0.29) is 5.84 Å². The maximum Gasteiger partial charge on any atom is 0.358 e. The molecule has 0 radical (unpaired) electrons. The first-order valence-corrected chi connectivity index (χ1v) is 18.4. The largest absolute Gasteiger partial charge is 0.497 e. The number of methoxy groups -OCH3 is 2. The molecule has 58 heavy (non-hydrogen) atoms. The fraction of sp³-hybridized carbons (Fsp3) is 0.0889. The van der Waals surface area contributed by atoms with Gasteiger partial charge in [-0.2, -0.15) is 9.36 Å². The van der Waals surface area contributed by atoms with Gasteiger partial charge in [0.15, 0.2) is 11.4 Å². The molecule has 0 aliphatic carbocycles. The number of aromatic nitrogens is 6. The number of hydrogen-bond acceptors (Lipinski definition) is 7. The summed E-state index contributed by atoms with van der Waals surface area (Å²) in [5.41, 5.74) is -0.252. The molecule has 0 saturated carbocycles. The lowest BCUT2D eigenvalue weighted by Gasteiger charge is -2.40. The Bertz CT molecular complexity index is 3020. The molecule has 8 aromatic rings. The lowest BCUT2D eigenvalue weighted by atomic mass is 9.79. The standard InChI is InChI=1S/C45H35N7O6/c1-57-33-25-21-29(22-26-33)39(30-23-27-34(58-2)28-24-30)35-17-9-11-19-37(35)46-40-45(31-13-5-3-6-14-31,52-42(54)47-41(53)48-52)36-18-10-12-20-38(36)50-43(55)49(44(56)51(40)50)32-15-7-4-8-16-32/h3-28,39H,1-2H3,(H2,47,48,53,54). The summed E-state index contributed by atoms with van der Waals surface area (Å²) in [5.74, 6) is 0.917. The van der Waals surface area contributed by atoms with E-state index in [0.29, 0.717) is 39.7 Å². The zero-order chi connectivity index (χ0) is 40.0. The van der Waals surface area contributed by atoms with E-state index in [1.54, 1.807) is 93.1 Å². The van der Waals surface area contributed by atoms with E-state index in [1.807, 2.05) is 78.9 Å². The average Bonchev–Trinajstić information content (AvgIpc) is 3.75. The first-order chi connectivity index (χ1) is 28.3. The van der Waals surface area contributed by atoms with Crippen LogP contribution in [0.1, 0.15) is 33.7 Å². The lowest BCUT2D eigenvalue weighted by Crippen LogP contribution is -2.58. The molecule has 1 aliphatic heterocycles. The van der Waals surface area contributed by atoms with Crippen molar-refractivity contribution in [1.29, 1.82) is 0 Å². The van der Waals surface area contributed by atoms with Crippen molar-refractivity contribution in [2.75, 3.05) is 14.2 Å². The van der Waals surface area contributed by atoms with E-state index in [0.717, 1.165) is 25.9 Å². The quantitative estimate of drug-likeness (QED) is 0.184. The van der Waals surface area contributed by atoms with Crippen LogP contribution in [0.15, 0.2) is 182 Å². The Morgan fingerprint density at radius 2 is 1.16 bits per heavy atom. The van der Waals surface area contributed by atoms with Crippen molar-refractivity contribution in [2.24, 2.45) is 4.99 Å². The van der Waals surface area contributed by atoms with Crippen LogP contribution in [0, 0.1) is 0 Å². The van der Waals surface area contributed by atoms with Crippen LogP contribution in [0.25, 0.3) is 11.4 Å². The second kappa shape index (κ2) is 14.3. The highest BCUT2D eigenvalue weighted by Gasteiger charge is 2.52. The van der Waals surface area contributed by atoms with Gasteiger partial charge in [-0.3, -0.25) is 4.98 Å². The van der Waals surface area contributed by atoms with Crippen molar-refractivity contribution in [2.45, 2.75) is 11.5 Å². The average molecular weight is 770 g/mol. The minimum absolute atomic E-state index is 0.0396. The molecular formula is C45H35N7O6. The lowest BCUT2D eigenvalue weighted by molar-refractivity contribution is 0.414. The third-order valence-electron chi connectivity index (χ3n) is 10.5. The summed E-state index contributed by atoms with van der Waals surface area (Å²) in [7, 11) is 3.22. The minimum Gasteiger partial charge on any atom is -0.497 e. The van der Waals surface area contributed by atoms with E-state index in [1.165, 1.54) is 9.36 Å². The van der Waals surface area contributed by atoms with Gasteiger partial charge in [0.1, 0.15) is 11.5 Å². The molecule has 0 amide bonds. The number of H-pyrrole nitrogens is 2. The Hall–Kier alpha value is -7.93. The van der Waals surface area contributed by atoms with Gasteiger partial charge in [-0.15, -0.1) is 0 Å². The van der Waals surface area contributed by atoms with Crippen molar-refractivity contribution < 1.29 is 9.47 Å². The molecule has 2 aromatic heterocycles. The highest BCUT2D eigenvalue weighted by molar-refractivity contribution is 6.01. The normalized spacial score (nSPS) is 15.3. The summed E-state index contributed by atoms with van der Waals surface area (Å²) in [6, 6.07) is 47.5. The molecule has 6 aromatic carbocycles. The predicted molar refractivity (Wildman–Crippen MR) is 220 cm³/mol. The van der Waals surface area contributed by atoms with Crippen LogP contribution >= 0.6 is 0 Å². The Balaban J connectivity index is 1.44. The predicted octanol–water partition coefficient (Wildman–Crippen LogP) is 5.55. The summed E-state index contributed by atoms with van der Waals surface area (Å²) >= 11 is 0. The minimum atomic E-state index is -1.82. The van der Waals surface area contributed by atoms with Gasteiger partial charge in [-0.05, 0) is 70.8 Å². The van der Waals surface area contributed by atoms with Crippen molar-refractivity contribution >= 4 is 11.5 Å². The highest BCUT2D eigenvalue weighted by atomic mass is 16.5. The van der Waals surface area contributed by atoms with E-state index < -0.39 is 34.2 Å². The SMILES string of the molecule is COc1ccc(C(c2ccc(OC)cc2)c2ccccc2N=C2n3c(=O)n(-c4ccccc4)c(=O)n3-c3ccccc3C2(c2ccccc2)n2[nH]c(=O)[nH]c2=O)cc1. The van der Waals surface area contributed by atoms with Crippen molar-refractivity contribution in [3.63, 3.8) is 0 Å². The molecule has 0 spiro atoms. The zero-order valence-corrected chi connectivity index (χ0v) is 31.3. The van der Waals surface area contributed by atoms with Gasteiger partial charge in [-0.25, -0.2) is 38.5 Å². The van der Waals surface area contributed by atoms with Gasteiger partial charge >= 0.3 is 22.8 Å². The Morgan fingerprint density at radius 3 is 1.76 bits per heavy atom. The number of rotatable bonds is 9. The number of benzene rings is 6. The van der Waals surface area contributed by atoms with Gasteiger partial charge in [0.2, 0.25) is 0 Å². The maximum atomic E-state index is 15.1. The highest BCUT2D eigenvalue weighted by Crippen LogP contribution is 2.43. The Labute approximate surface area is 329 Å². The summed E-state index contributed by atoms with van der Waals surface area (Å²) in [6.45, 7) is 0. The van der Waals surface area contributed by atoms with Crippen LogP contribution in [0.3, 0.4) is 0 Å². The van der Waals surface area contributed by atoms with Crippen molar-refractivity contribution in [3.8, 4) is 22.9 Å². The van der Waals surface area contributed by atoms with Gasteiger partial charge in [0.05, 0.1) is 31.3 Å². The zero-order valence-electron chi connectivity index (χ0n) is 31.3. The molecule has 0 saturated heterocycles. The number of fused-ring (bicyclic) bond motifs is 3. The van der Waals surface area contributed by atoms with Crippen molar-refractivity contribution in [3.05, 3.63) is 227 Å². The number of para-hydroxylation sites is 3. The fourth-order valence-electron chi connectivity index (χ4n) is 7.98. The van der Waals surface area contributed by atoms with Gasteiger partial charge in [0, 0.05) is 11.5 Å². The van der Waals surface area contributed by atoms with Crippen LogP contribution in [0.4, 0.5) is 5.69 Å². The third-order valence-corrected chi connectivity index (χ3v) is 10.5. The Kier molecular flexibility index (Phi) is 8.81. The fourth-order valence-corrected chi connectivity index (χ4v) is 7.98. The van der Waals surface area contributed by atoms with Crippen LogP contribution in [-0.2, 0) is 5.54 Å². The smallest absolute Gasteiger partial charge is 0.358 e.